The Morgan fingerprint density at radius 2 is 1.64 bits per heavy atom. The molecule has 6 heteroatoms. The topological polar surface area (TPSA) is 90.5 Å². The molecular formula is C19H21N3O3. The van der Waals surface area contributed by atoms with Crippen molar-refractivity contribution in [1.82, 2.24) is 16.0 Å². The minimum atomic E-state index is -1.15. The van der Waals surface area contributed by atoms with Gasteiger partial charge in [0.15, 0.2) is 0 Å². The number of hydrogen-bond donors (Lipinski definition) is 4. The Morgan fingerprint density at radius 3 is 2.24 bits per heavy atom. The molecule has 25 heavy (non-hydrogen) atoms. The fourth-order valence-electron chi connectivity index (χ4n) is 2.24. The fourth-order valence-corrected chi connectivity index (χ4v) is 2.24. The number of carbonyl (C=O) groups excluding carboxylic acids is 1. The smallest absolute Gasteiger partial charge is 0.331 e. The second kappa shape index (κ2) is 9.12. The van der Waals surface area contributed by atoms with Crippen molar-refractivity contribution in [2.75, 3.05) is 0 Å². The van der Waals surface area contributed by atoms with Crippen molar-refractivity contribution >= 4 is 12.0 Å². The molecular weight excluding hydrogens is 318 g/mol. The molecule has 4 N–H and O–H groups in total. The summed E-state index contributed by atoms with van der Waals surface area (Å²) in [4.78, 5) is 23.0. The summed E-state index contributed by atoms with van der Waals surface area (Å²) in [6.45, 7) is 2.23. The van der Waals surface area contributed by atoms with E-state index < -0.39 is 12.0 Å². The van der Waals surface area contributed by atoms with Crippen molar-refractivity contribution in [1.29, 1.82) is 0 Å². The molecule has 0 spiro atoms. The maximum Gasteiger partial charge on any atom is 0.331 e. The molecule has 0 aliphatic heterocycles. The summed E-state index contributed by atoms with van der Waals surface area (Å²) in [7, 11) is 0. The van der Waals surface area contributed by atoms with Gasteiger partial charge in [0, 0.05) is 12.6 Å². The number of carbonyl (C=O) groups is 2. The highest BCUT2D eigenvalue weighted by atomic mass is 16.4. The van der Waals surface area contributed by atoms with Crippen LogP contribution in [0.5, 0.6) is 0 Å². The van der Waals surface area contributed by atoms with E-state index in [0.717, 1.165) is 17.2 Å². The zero-order chi connectivity index (χ0) is 18.1. The molecule has 1 unspecified atom stereocenters. The fraction of sp³-hybridized carbons (Fsp3) is 0.158. The van der Waals surface area contributed by atoms with Crippen LogP contribution < -0.4 is 16.0 Å². The second-order valence-electron chi connectivity index (χ2n) is 5.47. The lowest BCUT2D eigenvalue weighted by Gasteiger charge is -2.19. The van der Waals surface area contributed by atoms with Crippen LogP contribution in [0.2, 0.25) is 0 Å². The van der Waals surface area contributed by atoms with E-state index >= 15 is 0 Å². The third-order valence-corrected chi connectivity index (χ3v) is 3.48. The first-order valence-corrected chi connectivity index (χ1v) is 7.89. The van der Waals surface area contributed by atoms with Crippen LogP contribution in [0, 0.1) is 0 Å². The maximum absolute atomic E-state index is 12.0. The molecule has 1 atom stereocenters. The first-order valence-electron chi connectivity index (χ1n) is 7.89. The normalized spacial score (nSPS) is 12.1. The molecule has 0 bridgehead atoms. The predicted octanol–water partition coefficient (Wildman–Crippen LogP) is 2.76. The van der Waals surface area contributed by atoms with E-state index in [4.69, 9.17) is 5.11 Å². The van der Waals surface area contributed by atoms with Gasteiger partial charge >= 0.3 is 12.0 Å². The Hall–Kier alpha value is -3.28. The summed E-state index contributed by atoms with van der Waals surface area (Å²) in [6, 6.07) is 18.3. The molecule has 0 aliphatic carbocycles. The first kappa shape index (κ1) is 18.1. The van der Waals surface area contributed by atoms with Gasteiger partial charge in [-0.3, -0.25) is 5.32 Å². The predicted molar refractivity (Wildman–Crippen MR) is 95.5 cm³/mol. The number of hydrogen-bond acceptors (Lipinski definition) is 3. The van der Waals surface area contributed by atoms with Crippen LogP contribution in [0.25, 0.3) is 0 Å². The lowest BCUT2D eigenvalue weighted by atomic mass is 10.1. The van der Waals surface area contributed by atoms with Crippen LogP contribution in [0.15, 0.2) is 72.6 Å². The largest absolute Gasteiger partial charge is 0.478 e. The number of amides is 2. The van der Waals surface area contributed by atoms with Crippen molar-refractivity contribution in [3.05, 3.63) is 83.7 Å². The summed E-state index contributed by atoms with van der Waals surface area (Å²) in [5, 5.41) is 17.2. The van der Waals surface area contributed by atoms with Crippen molar-refractivity contribution < 1.29 is 14.7 Å². The zero-order valence-corrected chi connectivity index (χ0v) is 13.9. The molecule has 0 aliphatic rings. The minimum Gasteiger partial charge on any atom is -0.478 e. The van der Waals surface area contributed by atoms with Crippen LogP contribution in [-0.4, -0.2) is 17.1 Å². The van der Waals surface area contributed by atoms with E-state index in [1.807, 2.05) is 67.6 Å². The highest BCUT2D eigenvalue weighted by Gasteiger charge is 2.11. The molecule has 130 valence electrons. The van der Waals surface area contributed by atoms with Gasteiger partial charge in [-0.1, -0.05) is 60.7 Å². The number of carboxylic acid groups (broad SMARTS) is 1. The molecule has 0 saturated heterocycles. The van der Waals surface area contributed by atoms with Crippen molar-refractivity contribution in [2.24, 2.45) is 0 Å². The molecule has 0 aromatic heterocycles. The Morgan fingerprint density at radius 1 is 1.04 bits per heavy atom. The Bertz CT molecular complexity index is 730. The third-order valence-electron chi connectivity index (χ3n) is 3.48. The Labute approximate surface area is 146 Å². The summed E-state index contributed by atoms with van der Waals surface area (Å²) in [5.41, 5.74) is 1.93. The van der Waals surface area contributed by atoms with Gasteiger partial charge in [-0.15, -0.1) is 0 Å². The molecule has 0 fully saturated rings. The Balaban J connectivity index is 1.95. The number of benzene rings is 2. The summed E-state index contributed by atoms with van der Waals surface area (Å²) in [5.74, 6) is -1.03. The second-order valence-corrected chi connectivity index (χ2v) is 5.47. The summed E-state index contributed by atoms with van der Waals surface area (Å²) < 4.78 is 0. The van der Waals surface area contributed by atoms with Gasteiger partial charge < -0.3 is 15.7 Å². The van der Waals surface area contributed by atoms with Gasteiger partial charge in [0.1, 0.15) is 5.82 Å². The van der Waals surface area contributed by atoms with Crippen LogP contribution in [0.3, 0.4) is 0 Å². The highest BCUT2D eigenvalue weighted by molar-refractivity contribution is 5.83. The van der Waals surface area contributed by atoms with E-state index in [2.05, 4.69) is 16.0 Å². The zero-order valence-electron chi connectivity index (χ0n) is 13.9. The van der Waals surface area contributed by atoms with Gasteiger partial charge in [-0.25, -0.2) is 9.59 Å². The van der Waals surface area contributed by atoms with Gasteiger partial charge in [0.25, 0.3) is 0 Å². The quantitative estimate of drug-likeness (QED) is 0.584. The van der Waals surface area contributed by atoms with Crippen LogP contribution in [-0.2, 0) is 11.3 Å². The maximum atomic E-state index is 12.0. The average Bonchev–Trinajstić information content (AvgIpc) is 2.61. The third kappa shape index (κ3) is 6.39. The van der Waals surface area contributed by atoms with E-state index in [1.165, 1.54) is 0 Å². The molecule has 0 saturated carbocycles. The molecule has 2 amide bonds. The summed E-state index contributed by atoms with van der Waals surface area (Å²) >= 11 is 0. The minimum absolute atomic E-state index is 0.120. The van der Waals surface area contributed by atoms with Gasteiger partial charge in [0.05, 0.1) is 6.08 Å². The standard InChI is InChI=1S/C19H21N3O3/c1-14(16-10-6-3-7-11-16)21-17(12-18(23)24)22-19(25)20-13-15-8-4-2-5-9-15/h2-12,14,21H,13H2,1H3,(H,23,24)(H2,20,22,25)/b17-12+. The van der Waals surface area contributed by atoms with E-state index in [1.54, 1.807) is 0 Å². The molecule has 6 nitrogen and oxygen atoms in total. The molecule has 0 radical (unpaired) electrons. The van der Waals surface area contributed by atoms with Crippen molar-refractivity contribution in [2.45, 2.75) is 19.5 Å². The van der Waals surface area contributed by atoms with Gasteiger partial charge in [0.2, 0.25) is 0 Å². The molecule has 2 aromatic rings. The summed E-state index contributed by atoms with van der Waals surface area (Å²) in [6.07, 6.45) is 0.932. The monoisotopic (exact) mass is 339 g/mol. The number of carboxylic acids is 1. The van der Waals surface area contributed by atoms with Gasteiger partial charge in [-0.05, 0) is 18.1 Å². The van der Waals surface area contributed by atoms with Crippen LogP contribution >= 0.6 is 0 Å². The highest BCUT2D eigenvalue weighted by Crippen LogP contribution is 2.12. The van der Waals surface area contributed by atoms with E-state index in [-0.39, 0.29) is 11.9 Å². The van der Waals surface area contributed by atoms with Crippen molar-refractivity contribution in [3.8, 4) is 0 Å². The lowest BCUT2D eigenvalue weighted by molar-refractivity contribution is -0.131. The molecule has 2 aromatic carbocycles. The Kier molecular flexibility index (Phi) is 6.59. The van der Waals surface area contributed by atoms with E-state index in [9.17, 15) is 9.59 Å². The number of rotatable bonds is 7. The molecule has 0 heterocycles. The number of aliphatic carboxylic acids is 1. The molecule has 2 rings (SSSR count). The van der Waals surface area contributed by atoms with Crippen LogP contribution in [0.1, 0.15) is 24.1 Å². The van der Waals surface area contributed by atoms with Crippen LogP contribution in [0.4, 0.5) is 4.79 Å². The SMILES string of the molecule is CC(N/C(=C\C(=O)O)NC(=O)NCc1ccccc1)c1ccccc1. The first-order chi connectivity index (χ1) is 12.0. The van der Waals surface area contributed by atoms with Crippen molar-refractivity contribution in [3.63, 3.8) is 0 Å². The number of nitrogens with one attached hydrogen (secondary N) is 3. The van der Waals surface area contributed by atoms with E-state index in [0.29, 0.717) is 6.54 Å². The average molecular weight is 339 g/mol. The lowest BCUT2D eigenvalue weighted by Crippen LogP contribution is -2.39. The number of urea groups is 1. The van der Waals surface area contributed by atoms with Gasteiger partial charge in [-0.2, -0.15) is 0 Å².